The van der Waals surface area contributed by atoms with Crippen LogP contribution in [0.25, 0.3) is 0 Å². The highest BCUT2D eigenvalue weighted by molar-refractivity contribution is 6.00. The lowest BCUT2D eigenvalue weighted by Crippen LogP contribution is -2.64. The molecule has 0 aromatic carbocycles. The number of amides is 11. The van der Waals surface area contributed by atoms with Crippen molar-refractivity contribution in [3.8, 4) is 0 Å². The highest BCUT2D eigenvalue weighted by atomic mass is 16.3. The third-order valence-corrected chi connectivity index (χ3v) is 18.9. The van der Waals surface area contributed by atoms with E-state index in [1.807, 2.05) is 55.4 Å². The highest BCUT2D eigenvalue weighted by Gasteiger charge is 2.46. The molecule has 0 aromatic heterocycles. The Hall–Kier alpha value is -5.91. The molecule has 24 heteroatoms. The van der Waals surface area contributed by atoms with Gasteiger partial charge in [0, 0.05) is 49.3 Å². The molecule has 2 aliphatic heterocycles. The van der Waals surface area contributed by atoms with Gasteiger partial charge in [0.15, 0.2) is 0 Å². The first-order valence-corrected chi connectivity index (χ1v) is 33.7. The zero-order valence-electron chi connectivity index (χ0n) is 60.2. The molecule has 0 radical (unpaired) electrons. The molecule has 2 aliphatic rings. The molecule has 0 unspecified atom stereocenters. The number of likely N-dealkylation sites (tertiary alicyclic amines) is 1. The van der Waals surface area contributed by atoms with Gasteiger partial charge in [-0.05, 0) is 133 Å². The Kier molecular flexibility index (Phi) is 33.1. The third-order valence-electron chi connectivity index (χ3n) is 18.9. The van der Waals surface area contributed by atoms with Crippen molar-refractivity contribution in [2.45, 2.75) is 254 Å². The van der Waals surface area contributed by atoms with Crippen LogP contribution in [0.3, 0.4) is 0 Å². The van der Waals surface area contributed by atoms with Crippen molar-refractivity contribution < 1.29 is 57.8 Å². The molecule has 2 saturated heterocycles. The van der Waals surface area contributed by atoms with Gasteiger partial charge in [-0.3, -0.25) is 52.7 Å². The lowest BCUT2D eigenvalue weighted by atomic mass is 9.92. The van der Waals surface area contributed by atoms with Crippen LogP contribution in [0.4, 0.5) is 0 Å². The van der Waals surface area contributed by atoms with E-state index in [1.165, 1.54) is 99.5 Å². The summed E-state index contributed by atoms with van der Waals surface area (Å²) in [6, 6.07) is -13.6. The molecule has 0 bridgehead atoms. The summed E-state index contributed by atoms with van der Waals surface area (Å²) in [5, 5.41) is 23.3. The van der Waals surface area contributed by atoms with Crippen LogP contribution < -0.4 is 21.3 Å². The first kappa shape index (κ1) is 81.2. The van der Waals surface area contributed by atoms with E-state index >= 15 is 19.2 Å². The van der Waals surface area contributed by atoms with E-state index in [9.17, 15) is 38.7 Å². The minimum absolute atomic E-state index is 0.0253. The van der Waals surface area contributed by atoms with Crippen LogP contribution in [0.5, 0.6) is 0 Å². The first-order chi connectivity index (χ1) is 42.2. The Bertz CT molecular complexity index is 2450. The van der Waals surface area contributed by atoms with E-state index in [1.54, 1.807) is 41.5 Å². The molecule has 0 aliphatic carbocycles. The maximum Gasteiger partial charge on any atom is 0.246 e. The van der Waals surface area contributed by atoms with Gasteiger partial charge in [0.05, 0.1) is 6.10 Å². The number of nitrogens with zero attached hydrogens (tertiary/aromatic N) is 8. The minimum Gasteiger partial charge on any atom is -0.390 e. The fraction of sp³-hybridized carbons (Fsp3) is 0.836. The summed E-state index contributed by atoms with van der Waals surface area (Å²) in [4.78, 5) is 174. The topological polar surface area (TPSA) is 282 Å². The summed E-state index contributed by atoms with van der Waals surface area (Å²) in [5.41, 5.74) is 0. The van der Waals surface area contributed by atoms with Gasteiger partial charge in [0.25, 0.3) is 0 Å². The lowest BCUT2D eigenvalue weighted by molar-refractivity contribution is -0.157. The van der Waals surface area contributed by atoms with E-state index in [0.29, 0.717) is 25.8 Å². The predicted octanol–water partition coefficient (Wildman–Crippen LogP) is 3.96. The van der Waals surface area contributed by atoms with Crippen LogP contribution in [0.2, 0.25) is 0 Å². The Morgan fingerprint density at radius 3 is 1.40 bits per heavy atom. The summed E-state index contributed by atoms with van der Waals surface area (Å²) in [6.45, 7) is 32.4. The average Bonchev–Trinajstić information content (AvgIpc) is 2.48. The summed E-state index contributed by atoms with van der Waals surface area (Å²) in [7, 11) is 10.1. The fourth-order valence-electron chi connectivity index (χ4n) is 12.4. The normalized spacial score (nSPS) is 28.2. The zero-order chi connectivity index (χ0) is 70.0. The molecule has 0 saturated carbocycles. The van der Waals surface area contributed by atoms with Crippen molar-refractivity contribution in [1.82, 2.24) is 60.5 Å². The predicted molar refractivity (Wildman–Crippen MR) is 353 cm³/mol. The number of aliphatic hydroxyl groups is 1. The molecule has 2 fully saturated rings. The quantitative estimate of drug-likeness (QED) is 0.138. The standard InChI is InChI=1S/C67H122N12O12/c1-25-43(13)56(80)55-60(84)70-48(26-2)63(87)72(18)47(17)62(86)77(23)54(44(14)32-35-79-33-28-27-29-34-79)59(83)71-52(41(9)10)66(90)73(19)49(31-30-38(3)4)58(82)68-45(15)57(81)69-46(16)61(85)74(20)50(36-39(5)6)64(88)75(21)51(37-40(7)8)65(89)76(22)53(42(11)12)67(91)78(55)24/h38-56,80H,25-37H2,1-24H3,(H,68,82)(H,69,81)(H,70,84)(H,71,83)/t43-,44-,45+,46-,47-,48+,49+,50+,51+,52+,53+,54+,55+,56-/m1/s1. The van der Waals surface area contributed by atoms with E-state index in [-0.39, 0.29) is 43.4 Å². The Labute approximate surface area is 546 Å². The van der Waals surface area contributed by atoms with Crippen molar-refractivity contribution in [3.05, 3.63) is 0 Å². The molecular formula is C67H122N12O12. The van der Waals surface area contributed by atoms with Gasteiger partial charge >= 0.3 is 0 Å². The maximum atomic E-state index is 15.2. The Morgan fingerprint density at radius 2 is 0.912 bits per heavy atom. The van der Waals surface area contributed by atoms with Gasteiger partial charge in [-0.25, -0.2) is 0 Å². The number of nitrogens with one attached hydrogen (secondary N) is 4. The molecule has 2 rings (SSSR count). The molecule has 0 aromatic rings. The molecule has 522 valence electrons. The van der Waals surface area contributed by atoms with Crippen molar-refractivity contribution in [2.75, 3.05) is 69.0 Å². The smallest absolute Gasteiger partial charge is 0.246 e. The SMILES string of the molecule is CC[C@@H]1NC(=O)[C@H]([C@H](O)[C@H](C)CC)N(C)C(=O)[C@H](C(C)C)N(C)C(=O)[C@H](CC(C)C)N(C)C(=O)[C@H](CC(C)C)N(C)C(=O)[C@@H](C)NC(=O)[C@H](C)NC(=O)[C@H](CCC(C)C)N(C)C(=O)[C@H](C(C)C)NC(=O)[C@H]([C@H](C)CCN2CCCCC2)N(C)C(=O)[C@@H](C)N(C)C1=O. The number of carbonyl (C=O) groups excluding carboxylic acids is 11. The number of likely N-dealkylation sites (N-methyl/N-ethyl adjacent to an activating group) is 7. The molecule has 2 heterocycles. The van der Waals surface area contributed by atoms with Crippen molar-refractivity contribution in [3.63, 3.8) is 0 Å². The summed E-state index contributed by atoms with van der Waals surface area (Å²) in [5.74, 6) is -9.60. The minimum atomic E-state index is -1.59. The second-order valence-electron chi connectivity index (χ2n) is 28.4. The second kappa shape index (κ2) is 37.1. The number of rotatable bonds is 17. The van der Waals surface area contributed by atoms with E-state index in [0.717, 1.165) is 37.3 Å². The first-order valence-electron chi connectivity index (χ1n) is 33.7. The van der Waals surface area contributed by atoms with Gasteiger partial charge in [-0.15, -0.1) is 0 Å². The summed E-state index contributed by atoms with van der Waals surface area (Å²) >= 11 is 0. The van der Waals surface area contributed by atoms with E-state index in [2.05, 4.69) is 26.2 Å². The fourth-order valence-corrected chi connectivity index (χ4v) is 12.4. The van der Waals surface area contributed by atoms with Crippen molar-refractivity contribution in [2.24, 2.45) is 41.4 Å². The number of piperidine rings is 1. The van der Waals surface area contributed by atoms with Gasteiger partial charge in [-0.1, -0.05) is 110 Å². The van der Waals surface area contributed by atoms with Crippen molar-refractivity contribution in [1.29, 1.82) is 0 Å². The summed E-state index contributed by atoms with van der Waals surface area (Å²) in [6.07, 6.45) is 3.63. The molecule has 5 N–H and O–H groups in total. The van der Waals surface area contributed by atoms with E-state index < -0.39 is 161 Å². The third kappa shape index (κ3) is 22.1. The van der Waals surface area contributed by atoms with Crippen LogP contribution in [0.1, 0.15) is 182 Å². The largest absolute Gasteiger partial charge is 0.390 e. The monoisotopic (exact) mass is 1290 g/mol. The van der Waals surface area contributed by atoms with Crippen LogP contribution in [-0.2, 0) is 52.7 Å². The number of hydrogen-bond donors (Lipinski definition) is 5. The molecule has 91 heavy (non-hydrogen) atoms. The van der Waals surface area contributed by atoms with Gasteiger partial charge in [0.2, 0.25) is 65.0 Å². The molecule has 11 amide bonds. The lowest BCUT2D eigenvalue weighted by Gasteiger charge is -2.41. The molecule has 24 nitrogen and oxygen atoms in total. The van der Waals surface area contributed by atoms with Crippen LogP contribution in [0, 0.1) is 41.4 Å². The maximum absolute atomic E-state index is 15.2. The van der Waals surface area contributed by atoms with Gasteiger partial charge in [0.1, 0.15) is 66.5 Å². The number of hydrogen-bond acceptors (Lipinski definition) is 13. The second-order valence-corrected chi connectivity index (χ2v) is 28.4. The van der Waals surface area contributed by atoms with Gasteiger partial charge < -0.3 is 65.6 Å². The van der Waals surface area contributed by atoms with Crippen LogP contribution in [0.15, 0.2) is 0 Å². The Balaban J connectivity index is 3.02. The van der Waals surface area contributed by atoms with Crippen molar-refractivity contribution >= 4 is 65.0 Å². The van der Waals surface area contributed by atoms with E-state index in [4.69, 9.17) is 0 Å². The average molecular weight is 1290 g/mol. The molecule has 14 atom stereocenters. The summed E-state index contributed by atoms with van der Waals surface area (Å²) < 4.78 is 0. The number of aliphatic hydroxyl groups excluding tert-OH is 1. The van der Waals surface area contributed by atoms with Gasteiger partial charge in [-0.2, -0.15) is 0 Å². The van der Waals surface area contributed by atoms with Crippen LogP contribution in [-0.4, -0.2) is 251 Å². The molecule has 0 spiro atoms. The Morgan fingerprint density at radius 1 is 0.440 bits per heavy atom. The zero-order valence-corrected chi connectivity index (χ0v) is 60.2. The van der Waals surface area contributed by atoms with Crippen LogP contribution >= 0.6 is 0 Å². The highest BCUT2D eigenvalue weighted by Crippen LogP contribution is 2.26. The molecular weight excluding hydrogens is 1160 g/mol. The number of carbonyl (C=O) groups is 11.